The van der Waals surface area contributed by atoms with Gasteiger partial charge in [-0.05, 0) is 25.5 Å². The zero-order valence-corrected chi connectivity index (χ0v) is 16.1. The maximum atomic E-state index is 12.3. The Morgan fingerprint density at radius 2 is 1.93 bits per heavy atom. The number of hydrogen-bond acceptors (Lipinski definition) is 6. The SMILES string of the molecule is CCOC(=O)C1=C(COC(=O)/C=C/c2ccccc2OC)NC(=O)N[C@H]1CC. The molecule has 1 heterocycles. The van der Waals surface area contributed by atoms with Crippen molar-refractivity contribution in [2.45, 2.75) is 26.3 Å². The van der Waals surface area contributed by atoms with Crippen LogP contribution in [0.15, 0.2) is 41.6 Å². The van der Waals surface area contributed by atoms with Crippen LogP contribution < -0.4 is 15.4 Å². The van der Waals surface area contributed by atoms with E-state index in [0.717, 1.165) is 5.56 Å². The number of amides is 2. The minimum atomic E-state index is -0.623. The van der Waals surface area contributed by atoms with E-state index in [4.69, 9.17) is 14.2 Å². The van der Waals surface area contributed by atoms with Crippen molar-refractivity contribution in [2.24, 2.45) is 0 Å². The standard InChI is InChI=1S/C20H24N2O6/c1-4-14-18(19(24)27-5-2)15(22-20(25)21-14)12-28-17(23)11-10-13-8-6-7-9-16(13)26-3/h6-11,14H,4-5,12H2,1-3H3,(H2,21,22,25)/b11-10+/t14-/m0/s1. The number of esters is 2. The molecule has 8 nitrogen and oxygen atoms in total. The number of methoxy groups -OCH3 is 1. The van der Waals surface area contributed by atoms with Crippen LogP contribution in [0.2, 0.25) is 0 Å². The number of benzene rings is 1. The van der Waals surface area contributed by atoms with Gasteiger partial charge in [-0.2, -0.15) is 0 Å². The van der Waals surface area contributed by atoms with Gasteiger partial charge in [-0.25, -0.2) is 14.4 Å². The number of para-hydroxylation sites is 1. The van der Waals surface area contributed by atoms with E-state index < -0.39 is 24.0 Å². The van der Waals surface area contributed by atoms with Crippen molar-refractivity contribution >= 4 is 24.0 Å². The molecule has 1 aromatic carbocycles. The molecule has 0 saturated carbocycles. The maximum absolute atomic E-state index is 12.3. The molecule has 0 aliphatic carbocycles. The van der Waals surface area contributed by atoms with Gasteiger partial charge in [0, 0.05) is 11.6 Å². The fraction of sp³-hybridized carbons (Fsp3) is 0.350. The molecule has 1 atom stereocenters. The first-order chi connectivity index (χ1) is 13.5. The van der Waals surface area contributed by atoms with Crippen molar-refractivity contribution < 1.29 is 28.6 Å². The van der Waals surface area contributed by atoms with E-state index in [-0.39, 0.29) is 24.5 Å². The van der Waals surface area contributed by atoms with Gasteiger partial charge >= 0.3 is 18.0 Å². The van der Waals surface area contributed by atoms with Gasteiger partial charge < -0.3 is 24.8 Å². The molecular formula is C20H24N2O6. The summed E-state index contributed by atoms with van der Waals surface area (Å²) in [6.45, 7) is 3.46. The van der Waals surface area contributed by atoms with Crippen LogP contribution in [0.25, 0.3) is 6.08 Å². The van der Waals surface area contributed by atoms with Gasteiger partial charge in [0.25, 0.3) is 0 Å². The molecular weight excluding hydrogens is 364 g/mol. The second-order valence-electron chi connectivity index (χ2n) is 5.85. The number of nitrogens with one attached hydrogen (secondary N) is 2. The summed E-state index contributed by atoms with van der Waals surface area (Å²) in [7, 11) is 1.54. The molecule has 0 radical (unpaired) electrons. The predicted octanol–water partition coefficient (Wildman–Crippen LogP) is 2.16. The molecule has 1 aromatic rings. The number of hydrogen-bond donors (Lipinski definition) is 2. The van der Waals surface area contributed by atoms with Gasteiger partial charge in [-0.15, -0.1) is 0 Å². The number of urea groups is 1. The molecule has 0 spiro atoms. The van der Waals surface area contributed by atoms with E-state index in [1.165, 1.54) is 6.08 Å². The molecule has 2 amide bonds. The summed E-state index contributed by atoms with van der Waals surface area (Å²) < 4.78 is 15.5. The Morgan fingerprint density at radius 3 is 2.61 bits per heavy atom. The summed E-state index contributed by atoms with van der Waals surface area (Å²) in [6, 6.07) is 6.24. The van der Waals surface area contributed by atoms with Gasteiger partial charge in [0.2, 0.25) is 0 Å². The first-order valence-electron chi connectivity index (χ1n) is 8.95. The molecule has 2 N–H and O–H groups in total. The van der Waals surface area contributed by atoms with Crippen molar-refractivity contribution in [3.8, 4) is 5.75 Å². The summed E-state index contributed by atoms with van der Waals surface area (Å²) >= 11 is 0. The second-order valence-corrected chi connectivity index (χ2v) is 5.85. The number of carbonyl (C=O) groups is 3. The molecule has 28 heavy (non-hydrogen) atoms. The Hall–Kier alpha value is -3.29. The third kappa shape index (κ3) is 5.35. The predicted molar refractivity (Wildman–Crippen MR) is 102 cm³/mol. The fourth-order valence-corrected chi connectivity index (χ4v) is 2.73. The highest BCUT2D eigenvalue weighted by molar-refractivity contribution is 5.95. The van der Waals surface area contributed by atoms with Crippen LogP contribution in [0.4, 0.5) is 4.79 Å². The average Bonchev–Trinajstić information content (AvgIpc) is 2.70. The van der Waals surface area contributed by atoms with Crippen molar-refractivity contribution in [3.63, 3.8) is 0 Å². The van der Waals surface area contributed by atoms with Crippen LogP contribution in [-0.2, 0) is 19.1 Å². The minimum Gasteiger partial charge on any atom is -0.496 e. The van der Waals surface area contributed by atoms with Crippen molar-refractivity contribution in [1.82, 2.24) is 10.6 Å². The van der Waals surface area contributed by atoms with Gasteiger partial charge in [-0.1, -0.05) is 25.1 Å². The van der Waals surface area contributed by atoms with Gasteiger partial charge in [0.15, 0.2) is 0 Å². The molecule has 0 unspecified atom stereocenters. The third-order valence-electron chi connectivity index (χ3n) is 4.04. The number of rotatable bonds is 8. The molecule has 150 valence electrons. The summed E-state index contributed by atoms with van der Waals surface area (Å²) in [5, 5.41) is 5.18. The topological polar surface area (TPSA) is 103 Å². The van der Waals surface area contributed by atoms with Crippen molar-refractivity contribution in [3.05, 3.63) is 47.2 Å². The smallest absolute Gasteiger partial charge is 0.338 e. The largest absolute Gasteiger partial charge is 0.496 e. The maximum Gasteiger partial charge on any atom is 0.338 e. The Kier molecular flexibility index (Phi) is 7.62. The number of carbonyl (C=O) groups excluding carboxylic acids is 3. The zero-order chi connectivity index (χ0) is 20.5. The Bertz CT molecular complexity index is 800. The highest BCUT2D eigenvalue weighted by Gasteiger charge is 2.31. The lowest BCUT2D eigenvalue weighted by atomic mass is 10.0. The van der Waals surface area contributed by atoms with E-state index in [1.807, 2.05) is 19.1 Å². The monoisotopic (exact) mass is 388 g/mol. The molecule has 2 rings (SSSR count). The summed E-state index contributed by atoms with van der Waals surface area (Å²) in [4.78, 5) is 36.2. The minimum absolute atomic E-state index is 0.196. The highest BCUT2D eigenvalue weighted by Crippen LogP contribution is 2.19. The van der Waals surface area contributed by atoms with Crippen LogP contribution in [0, 0.1) is 0 Å². The van der Waals surface area contributed by atoms with E-state index in [9.17, 15) is 14.4 Å². The third-order valence-corrected chi connectivity index (χ3v) is 4.04. The molecule has 0 saturated heterocycles. The Balaban J connectivity index is 2.12. The zero-order valence-electron chi connectivity index (χ0n) is 16.1. The molecule has 0 aromatic heterocycles. The van der Waals surface area contributed by atoms with E-state index >= 15 is 0 Å². The van der Waals surface area contributed by atoms with Crippen LogP contribution in [0.3, 0.4) is 0 Å². The summed E-state index contributed by atoms with van der Waals surface area (Å²) in [5.74, 6) is -0.560. The van der Waals surface area contributed by atoms with Gasteiger partial charge in [0.05, 0.1) is 31.0 Å². The normalized spacial score (nSPS) is 16.4. The molecule has 0 bridgehead atoms. The summed E-state index contributed by atoms with van der Waals surface area (Å²) in [5.41, 5.74) is 1.19. The van der Waals surface area contributed by atoms with E-state index in [2.05, 4.69) is 10.6 Å². The molecule has 1 aliphatic rings. The number of ether oxygens (including phenoxy) is 3. The first-order valence-corrected chi connectivity index (χ1v) is 8.95. The van der Waals surface area contributed by atoms with Crippen molar-refractivity contribution in [1.29, 1.82) is 0 Å². The van der Waals surface area contributed by atoms with E-state index in [1.54, 1.807) is 32.2 Å². The van der Waals surface area contributed by atoms with Crippen molar-refractivity contribution in [2.75, 3.05) is 20.3 Å². The molecule has 1 aliphatic heterocycles. The lowest BCUT2D eigenvalue weighted by Crippen LogP contribution is -2.51. The lowest BCUT2D eigenvalue weighted by Gasteiger charge is -2.28. The molecule has 0 fully saturated rings. The second kappa shape index (κ2) is 10.1. The Labute approximate surface area is 163 Å². The summed E-state index contributed by atoms with van der Waals surface area (Å²) in [6.07, 6.45) is 3.31. The lowest BCUT2D eigenvalue weighted by molar-refractivity contribution is -0.140. The average molecular weight is 388 g/mol. The first kappa shape index (κ1) is 21.0. The van der Waals surface area contributed by atoms with Crippen LogP contribution in [0.1, 0.15) is 25.8 Å². The fourth-order valence-electron chi connectivity index (χ4n) is 2.73. The highest BCUT2D eigenvalue weighted by atomic mass is 16.5. The van der Waals surface area contributed by atoms with E-state index in [0.29, 0.717) is 12.2 Å². The van der Waals surface area contributed by atoms with Crippen LogP contribution >= 0.6 is 0 Å². The van der Waals surface area contributed by atoms with Gasteiger partial charge in [-0.3, -0.25) is 0 Å². The Morgan fingerprint density at radius 1 is 1.18 bits per heavy atom. The molecule has 8 heteroatoms. The quantitative estimate of drug-likeness (QED) is 0.523. The van der Waals surface area contributed by atoms with Crippen LogP contribution in [-0.4, -0.2) is 44.3 Å². The van der Waals surface area contributed by atoms with Crippen LogP contribution in [0.5, 0.6) is 5.75 Å². The van der Waals surface area contributed by atoms with Gasteiger partial charge in [0.1, 0.15) is 12.4 Å².